The number of nitrogens with one attached hydrogen (secondary N) is 1. The fourth-order valence-electron chi connectivity index (χ4n) is 3.10. The summed E-state index contributed by atoms with van der Waals surface area (Å²) >= 11 is 0. The summed E-state index contributed by atoms with van der Waals surface area (Å²) in [6.45, 7) is 5.52. The number of alkyl carbamates (subject to hydrolysis) is 1. The highest BCUT2D eigenvalue weighted by molar-refractivity contribution is 5.68. The standard InChI is InChI=1S/C24H27N5O5/c1-24(2,3)34-22(31)27-11-17-10-25-13-20(28-17)19-9-18(30)12-26-21(19)15-29(23(32)33)14-16-7-5-4-6-8-16/h4-10,12-13,30H,11,14-15H2,1-3H3,(H,27,31)(H,32,33). The molecule has 10 nitrogen and oxygen atoms in total. The van der Waals surface area contributed by atoms with Crippen LogP contribution in [0.4, 0.5) is 9.59 Å². The van der Waals surface area contributed by atoms with E-state index >= 15 is 0 Å². The summed E-state index contributed by atoms with van der Waals surface area (Å²) in [6, 6.07) is 10.7. The van der Waals surface area contributed by atoms with Crippen molar-refractivity contribution in [2.45, 2.75) is 46.0 Å². The Morgan fingerprint density at radius 2 is 1.82 bits per heavy atom. The lowest BCUT2D eigenvalue weighted by atomic mass is 10.1. The van der Waals surface area contributed by atoms with E-state index < -0.39 is 17.8 Å². The third-order valence-corrected chi connectivity index (χ3v) is 4.56. The Labute approximate surface area is 197 Å². The van der Waals surface area contributed by atoms with E-state index in [0.717, 1.165) is 5.56 Å². The van der Waals surface area contributed by atoms with Crippen LogP contribution in [0.25, 0.3) is 11.3 Å². The van der Waals surface area contributed by atoms with Crippen molar-refractivity contribution in [3.63, 3.8) is 0 Å². The molecule has 0 spiro atoms. The summed E-state index contributed by atoms with van der Waals surface area (Å²) in [5.41, 5.74) is 1.88. The zero-order valence-corrected chi connectivity index (χ0v) is 19.2. The Morgan fingerprint density at radius 3 is 2.50 bits per heavy atom. The molecule has 0 unspecified atom stereocenters. The first-order valence-corrected chi connectivity index (χ1v) is 10.6. The van der Waals surface area contributed by atoms with Crippen LogP contribution in [0.5, 0.6) is 5.75 Å². The number of rotatable bonds is 7. The van der Waals surface area contributed by atoms with E-state index in [1.165, 1.54) is 29.6 Å². The van der Waals surface area contributed by atoms with Gasteiger partial charge in [0.05, 0.1) is 48.8 Å². The zero-order valence-electron chi connectivity index (χ0n) is 19.2. The molecule has 2 heterocycles. The lowest BCUT2D eigenvalue weighted by Gasteiger charge is -2.20. The monoisotopic (exact) mass is 465 g/mol. The number of carboxylic acid groups (broad SMARTS) is 1. The van der Waals surface area contributed by atoms with Gasteiger partial charge in [-0.15, -0.1) is 0 Å². The van der Waals surface area contributed by atoms with Crippen molar-refractivity contribution in [2.24, 2.45) is 0 Å². The number of hydrogen-bond donors (Lipinski definition) is 3. The van der Waals surface area contributed by atoms with Crippen LogP contribution in [0.2, 0.25) is 0 Å². The number of ether oxygens (including phenoxy) is 1. The van der Waals surface area contributed by atoms with Gasteiger partial charge in [0.2, 0.25) is 0 Å². The van der Waals surface area contributed by atoms with E-state index in [9.17, 15) is 19.8 Å². The average molecular weight is 466 g/mol. The number of hydrogen-bond acceptors (Lipinski definition) is 7. The molecule has 0 radical (unpaired) electrons. The molecule has 0 aliphatic rings. The Kier molecular flexibility index (Phi) is 7.62. The topological polar surface area (TPSA) is 138 Å². The second-order valence-electron chi connectivity index (χ2n) is 8.56. The van der Waals surface area contributed by atoms with Gasteiger partial charge in [0.25, 0.3) is 0 Å². The molecule has 0 bridgehead atoms. The van der Waals surface area contributed by atoms with Gasteiger partial charge >= 0.3 is 12.2 Å². The fraction of sp³-hybridized carbons (Fsp3) is 0.292. The van der Waals surface area contributed by atoms with Gasteiger partial charge < -0.3 is 20.3 Å². The lowest BCUT2D eigenvalue weighted by molar-refractivity contribution is 0.0522. The molecule has 3 N–H and O–H groups in total. The lowest BCUT2D eigenvalue weighted by Crippen LogP contribution is -2.32. The van der Waals surface area contributed by atoms with E-state index in [1.54, 1.807) is 20.8 Å². The van der Waals surface area contributed by atoms with E-state index in [0.29, 0.717) is 22.6 Å². The molecule has 0 fully saturated rings. The maximum Gasteiger partial charge on any atom is 0.407 e. The van der Waals surface area contributed by atoms with Crippen molar-refractivity contribution in [3.8, 4) is 17.0 Å². The first-order valence-electron chi connectivity index (χ1n) is 10.6. The third kappa shape index (κ3) is 7.16. The van der Waals surface area contributed by atoms with Crippen LogP contribution < -0.4 is 5.32 Å². The number of pyridine rings is 1. The summed E-state index contributed by atoms with van der Waals surface area (Å²) in [5, 5.41) is 22.4. The SMILES string of the molecule is CC(C)(C)OC(=O)NCc1cncc(-c2cc(O)cnc2CN(Cc2ccccc2)C(=O)O)n1. The molecule has 2 aromatic heterocycles. The summed E-state index contributed by atoms with van der Waals surface area (Å²) in [6.07, 6.45) is 2.54. The third-order valence-electron chi connectivity index (χ3n) is 4.56. The number of carbonyl (C=O) groups is 2. The fourth-order valence-corrected chi connectivity index (χ4v) is 3.10. The predicted octanol–water partition coefficient (Wildman–Crippen LogP) is 3.95. The van der Waals surface area contributed by atoms with Crippen LogP contribution >= 0.6 is 0 Å². The van der Waals surface area contributed by atoms with Gasteiger partial charge in [-0.3, -0.25) is 14.9 Å². The summed E-state index contributed by atoms with van der Waals surface area (Å²) in [4.78, 5) is 38.0. The number of nitrogens with zero attached hydrogens (tertiary/aromatic N) is 4. The van der Waals surface area contributed by atoms with Gasteiger partial charge in [0, 0.05) is 12.1 Å². The molecular weight excluding hydrogens is 438 g/mol. The molecule has 0 aliphatic heterocycles. The molecule has 178 valence electrons. The first kappa shape index (κ1) is 24.4. The van der Waals surface area contributed by atoms with Crippen LogP contribution in [-0.4, -0.2) is 47.9 Å². The highest BCUT2D eigenvalue weighted by Gasteiger charge is 2.19. The van der Waals surface area contributed by atoms with Crippen molar-refractivity contribution >= 4 is 12.2 Å². The Balaban J connectivity index is 1.82. The Bertz CT molecular complexity index is 1150. The maximum absolute atomic E-state index is 11.9. The number of amides is 2. The van der Waals surface area contributed by atoms with E-state index in [2.05, 4.69) is 20.3 Å². The number of aromatic hydroxyl groups is 1. The minimum atomic E-state index is -1.11. The zero-order chi connectivity index (χ0) is 24.7. The van der Waals surface area contributed by atoms with Crippen molar-refractivity contribution in [3.05, 3.63) is 71.9 Å². The first-order chi connectivity index (χ1) is 16.1. The van der Waals surface area contributed by atoms with Crippen LogP contribution in [0.1, 0.15) is 37.7 Å². The molecule has 2 amide bonds. The van der Waals surface area contributed by atoms with Gasteiger partial charge in [0.15, 0.2) is 0 Å². The number of aromatic nitrogens is 3. The van der Waals surface area contributed by atoms with Crippen molar-refractivity contribution in [1.29, 1.82) is 0 Å². The van der Waals surface area contributed by atoms with Crippen LogP contribution in [0, 0.1) is 0 Å². The van der Waals surface area contributed by atoms with Crippen molar-refractivity contribution < 1.29 is 24.5 Å². The molecule has 0 saturated carbocycles. The van der Waals surface area contributed by atoms with E-state index in [1.807, 2.05) is 30.3 Å². The van der Waals surface area contributed by atoms with Gasteiger partial charge in [-0.25, -0.2) is 14.6 Å². The van der Waals surface area contributed by atoms with Gasteiger partial charge in [0.1, 0.15) is 11.4 Å². The van der Waals surface area contributed by atoms with Crippen LogP contribution in [0.3, 0.4) is 0 Å². The highest BCUT2D eigenvalue weighted by Crippen LogP contribution is 2.26. The number of carbonyl (C=O) groups excluding carboxylic acids is 1. The minimum absolute atomic E-state index is 0.0259. The molecule has 1 aromatic carbocycles. The molecule has 0 saturated heterocycles. The molecular formula is C24H27N5O5. The Hall–Kier alpha value is -4.21. The quantitative estimate of drug-likeness (QED) is 0.477. The van der Waals surface area contributed by atoms with Gasteiger partial charge in [-0.05, 0) is 32.4 Å². The number of benzene rings is 1. The Morgan fingerprint density at radius 1 is 1.09 bits per heavy atom. The molecule has 34 heavy (non-hydrogen) atoms. The normalized spacial score (nSPS) is 11.0. The molecule has 3 rings (SSSR count). The molecule has 0 atom stereocenters. The van der Waals surface area contributed by atoms with Crippen molar-refractivity contribution in [1.82, 2.24) is 25.2 Å². The van der Waals surface area contributed by atoms with Crippen molar-refractivity contribution in [2.75, 3.05) is 0 Å². The van der Waals surface area contributed by atoms with Crippen LogP contribution in [-0.2, 0) is 24.4 Å². The second-order valence-corrected chi connectivity index (χ2v) is 8.56. The largest absolute Gasteiger partial charge is 0.506 e. The smallest absolute Gasteiger partial charge is 0.407 e. The molecule has 3 aromatic rings. The van der Waals surface area contributed by atoms with E-state index in [-0.39, 0.29) is 25.4 Å². The van der Waals surface area contributed by atoms with E-state index in [4.69, 9.17) is 4.74 Å². The predicted molar refractivity (Wildman–Crippen MR) is 124 cm³/mol. The second kappa shape index (κ2) is 10.6. The molecule has 0 aliphatic carbocycles. The highest BCUT2D eigenvalue weighted by atomic mass is 16.6. The summed E-state index contributed by atoms with van der Waals surface area (Å²) in [7, 11) is 0. The molecule has 10 heteroatoms. The van der Waals surface area contributed by atoms with Gasteiger partial charge in [-0.1, -0.05) is 30.3 Å². The summed E-state index contributed by atoms with van der Waals surface area (Å²) in [5.74, 6) is -0.0947. The summed E-state index contributed by atoms with van der Waals surface area (Å²) < 4.78 is 5.22. The van der Waals surface area contributed by atoms with Gasteiger partial charge in [-0.2, -0.15) is 0 Å². The maximum atomic E-state index is 11.9. The average Bonchev–Trinajstić information content (AvgIpc) is 2.78. The minimum Gasteiger partial charge on any atom is -0.506 e. The van der Waals surface area contributed by atoms with Crippen LogP contribution in [0.15, 0.2) is 55.0 Å².